The molecular weight excluding hydrogens is 224 g/mol. The average Bonchev–Trinajstić information content (AvgIpc) is 2.90. The van der Waals surface area contributed by atoms with Crippen molar-refractivity contribution in [3.63, 3.8) is 0 Å². The van der Waals surface area contributed by atoms with E-state index >= 15 is 0 Å². The molecule has 0 aliphatic rings. The van der Waals surface area contributed by atoms with Crippen LogP contribution in [0.4, 0.5) is 0 Å². The molecule has 0 aliphatic heterocycles. The van der Waals surface area contributed by atoms with Crippen LogP contribution in [0.1, 0.15) is 5.56 Å². The highest BCUT2D eigenvalue weighted by Crippen LogP contribution is 2.19. The normalized spacial score (nSPS) is 10.5. The van der Waals surface area contributed by atoms with Crippen molar-refractivity contribution in [3.05, 3.63) is 60.8 Å². The maximum atomic E-state index is 4.31. The van der Waals surface area contributed by atoms with Crippen LogP contribution in [0.25, 0.3) is 16.9 Å². The lowest BCUT2D eigenvalue weighted by Crippen LogP contribution is -1.96. The molecule has 0 amide bonds. The van der Waals surface area contributed by atoms with Gasteiger partial charge in [0.05, 0.1) is 6.20 Å². The standard InChI is InChI=1S/C14H12N4/c1-11-2-4-12(5-3-11)13-8-17-18(9-13)14-6-7-15-10-16-14/h2-10H,1H3. The first-order chi connectivity index (χ1) is 8.83. The van der Waals surface area contributed by atoms with Crippen molar-refractivity contribution in [2.24, 2.45) is 0 Å². The Morgan fingerprint density at radius 2 is 1.83 bits per heavy atom. The van der Waals surface area contributed by atoms with Crippen LogP contribution in [-0.4, -0.2) is 19.7 Å². The fourth-order valence-electron chi connectivity index (χ4n) is 1.76. The largest absolute Gasteiger partial charge is 0.245 e. The zero-order valence-corrected chi connectivity index (χ0v) is 9.99. The van der Waals surface area contributed by atoms with Gasteiger partial charge in [-0.05, 0) is 12.5 Å². The predicted octanol–water partition coefficient (Wildman–Crippen LogP) is 2.64. The first-order valence-corrected chi connectivity index (χ1v) is 5.71. The second kappa shape index (κ2) is 4.41. The van der Waals surface area contributed by atoms with E-state index in [1.54, 1.807) is 10.9 Å². The first kappa shape index (κ1) is 10.7. The van der Waals surface area contributed by atoms with Gasteiger partial charge in [0.1, 0.15) is 6.33 Å². The minimum absolute atomic E-state index is 0.767. The summed E-state index contributed by atoms with van der Waals surface area (Å²) in [6.45, 7) is 2.08. The minimum Gasteiger partial charge on any atom is -0.245 e. The molecule has 4 heteroatoms. The van der Waals surface area contributed by atoms with Gasteiger partial charge in [-0.1, -0.05) is 29.8 Å². The third-order valence-electron chi connectivity index (χ3n) is 2.77. The first-order valence-electron chi connectivity index (χ1n) is 5.71. The van der Waals surface area contributed by atoms with Gasteiger partial charge < -0.3 is 0 Å². The highest BCUT2D eigenvalue weighted by Gasteiger charge is 2.03. The molecular formula is C14H12N4. The minimum atomic E-state index is 0.767. The van der Waals surface area contributed by atoms with Crippen LogP contribution in [0.5, 0.6) is 0 Å². The highest BCUT2D eigenvalue weighted by molar-refractivity contribution is 5.62. The van der Waals surface area contributed by atoms with E-state index in [9.17, 15) is 0 Å². The summed E-state index contributed by atoms with van der Waals surface area (Å²) < 4.78 is 1.75. The molecule has 4 nitrogen and oxygen atoms in total. The number of benzene rings is 1. The van der Waals surface area contributed by atoms with Crippen LogP contribution in [0.15, 0.2) is 55.2 Å². The van der Waals surface area contributed by atoms with Gasteiger partial charge >= 0.3 is 0 Å². The van der Waals surface area contributed by atoms with E-state index in [1.807, 2.05) is 18.5 Å². The maximum Gasteiger partial charge on any atom is 0.156 e. The fourth-order valence-corrected chi connectivity index (χ4v) is 1.76. The van der Waals surface area contributed by atoms with Gasteiger partial charge in [-0.3, -0.25) is 0 Å². The van der Waals surface area contributed by atoms with E-state index in [0.29, 0.717) is 0 Å². The molecule has 1 aromatic carbocycles. The van der Waals surface area contributed by atoms with Crippen molar-refractivity contribution >= 4 is 0 Å². The monoisotopic (exact) mass is 236 g/mol. The van der Waals surface area contributed by atoms with Gasteiger partial charge in [-0.25, -0.2) is 14.6 Å². The smallest absolute Gasteiger partial charge is 0.156 e. The number of aromatic nitrogens is 4. The molecule has 3 aromatic rings. The summed E-state index contributed by atoms with van der Waals surface area (Å²) in [6, 6.07) is 10.2. The van der Waals surface area contributed by atoms with Gasteiger partial charge in [0.15, 0.2) is 5.82 Å². The summed E-state index contributed by atoms with van der Waals surface area (Å²) in [5.74, 6) is 0.767. The topological polar surface area (TPSA) is 43.6 Å². The van der Waals surface area contributed by atoms with Gasteiger partial charge in [0.2, 0.25) is 0 Å². The molecule has 0 aliphatic carbocycles. The highest BCUT2D eigenvalue weighted by atomic mass is 15.3. The SMILES string of the molecule is Cc1ccc(-c2cnn(-c3ccncn3)c2)cc1. The summed E-state index contributed by atoms with van der Waals surface area (Å²) in [6.07, 6.45) is 7.03. The third-order valence-corrected chi connectivity index (χ3v) is 2.77. The molecule has 0 fully saturated rings. The Morgan fingerprint density at radius 1 is 1.00 bits per heavy atom. The molecule has 0 spiro atoms. The fraction of sp³-hybridized carbons (Fsp3) is 0.0714. The van der Waals surface area contributed by atoms with Crippen LogP contribution in [0.3, 0.4) is 0 Å². The Hall–Kier alpha value is -2.49. The number of nitrogens with zero attached hydrogens (tertiary/aromatic N) is 4. The lowest BCUT2D eigenvalue weighted by Gasteiger charge is -1.98. The summed E-state index contributed by atoms with van der Waals surface area (Å²) >= 11 is 0. The Balaban J connectivity index is 1.97. The molecule has 3 rings (SSSR count). The summed E-state index contributed by atoms with van der Waals surface area (Å²) in [4.78, 5) is 8.05. The second-order valence-electron chi connectivity index (χ2n) is 4.11. The lowest BCUT2D eigenvalue weighted by molar-refractivity contribution is 0.839. The van der Waals surface area contributed by atoms with Gasteiger partial charge in [-0.15, -0.1) is 0 Å². The molecule has 0 saturated heterocycles. The van der Waals surface area contributed by atoms with Crippen LogP contribution >= 0.6 is 0 Å². The molecule has 2 aromatic heterocycles. The Kier molecular flexibility index (Phi) is 2.61. The van der Waals surface area contributed by atoms with Crippen LogP contribution in [0.2, 0.25) is 0 Å². The Bertz CT molecular complexity index is 641. The molecule has 0 radical (unpaired) electrons. The van der Waals surface area contributed by atoms with Crippen LogP contribution in [-0.2, 0) is 0 Å². The average molecular weight is 236 g/mol. The van der Waals surface area contributed by atoms with Crippen molar-refractivity contribution in [3.8, 4) is 16.9 Å². The number of aryl methyl sites for hydroxylation is 1. The molecule has 88 valence electrons. The van der Waals surface area contributed by atoms with Crippen molar-refractivity contribution in [1.29, 1.82) is 0 Å². The van der Waals surface area contributed by atoms with E-state index in [1.165, 1.54) is 11.9 Å². The summed E-state index contributed by atoms with van der Waals surface area (Å²) in [5, 5.41) is 4.31. The maximum absolute atomic E-state index is 4.31. The van der Waals surface area contributed by atoms with E-state index in [-0.39, 0.29) is 0 Å². The Labute approximate surface area is 105 Å². The quantitative estimate of drug-likeness (QED) is 0.687. The summed E-state index contributed by atoms with van der Waals surface area (Å²) in [7, 11) is 0. The van der Waals surface area contributed by atoms with Gasteiger partial charge in [0, 0.05) is 24.0 Å². The molecule has 0 unspecified atom stereocenters. The molecule has 0 N–H and O–H groups in total. The van der Waals surface area contributed by atoms with E-state index in [4.69, 9.17) is 0 Å². The van der Waals surface area contributed by atoms with Crippen molar-refractivity contribution < 1.29 is 0 Å². The van der Waals surface area contributed by atoms with E-state index < -0.39 is 0 Å². The number of hydrogen-bond donors (Lipinski definition) is 0. The second-order valence-corrected chi connectivity index (χ2v) is 4.11. The molecule has 0 atom stereocenters. The van der Waals surface area contributed by atoms with E-state index in [0.717, 1.165) is 16.9 Å². The molecule has 18 heavy (non-hydrogen) atoms. The van der Waals surface area contributed by atoms with Gasteiger partial charge in [0.25, 0.3) is 0 Å². The van der Waals surface area contributed by atoms with Crippen molar-refractivity contribution in [2.75, 3.05) is 0 Å². The van der Waals surface area contributed by atoms with Crippen LogP contribution in [0, 0.1) is 6.92 Å². The predicted molar refractivity (Wildman–Crippen MR) is 69.3 cm³/mol. The van der Waals surface area contributed by atoms with Crippen molar-refractivity contribution in [1.82, 2.24) is 19.7 Å². The molecule has 2 heterocycles. The van der Waals surface area contributed by atoms with Gasteiger partial charge in [-0.2, -0.15) is 5.10 Å². The van der Waals surface area contributed by atoms with E-state index in [2.05, 4.69) is 46.3 Å². The number of rotatable bonds is 2. The molecule has 0 saturated carbocycles. The Morgan fingerprint density at radius 3 is 2.56 bits per heavy atom. The molecule has 0 bridgehead atoms. The zero-order chi connectivity index (χ0) is 12.4. The van der Waals surface area contributed by atoms with Crippen LogP contribution < -0.4 is 0 Å². The number of hydrogen-bond acceptors (Lipinski definition) is 3. The van der Waals surface area contributed by atoms with Crippen molar-refractivity contribution in [2.45, 2.75) is 6.92 Å². The summed E-state index contributed by atoms with van der Waals surface area (Å²) in [5.41, 5.74) is 3.48. The zero-order valence-electron chi connectivity index (χ0n) is 9.99. The lowest BCUT2D eigenvalue weighted by atomic mass is 10.1. The third kappa shape index (κ3) is 2.00.